The highest BCUT2D eigenvalue weighted by molar-refractivity contribution is 8.00. The van der Waals surface area contributed by atoms with Crippen molar-refractivity contribution in [2.45, 2.75) is 37.0 Å². The highest BCUT2D eigenvalue weighted by Gasteiger charge is 2.36. The normalized spacial score (nSPS) is 25.4. The molecule has 0 bridgehead atoms. The zero-order valence-electron chi connectivity index (χ0n) is 11.5. The van der Waals surface area contributed by atoms with Gasteiger partial charge in [0.05, 0.1) is 5.69 Å². The van der Waals surface area contributed by atoms with E-state index in [1.165, 1.54) is 0 Å². The maximum atomic E-state index is 12.8. The van der Waals surface area contributed by atoms with Crippen LogP contribution in [0, 0.1) is 6.92 Å². The van der Waals surface area contributed by atoms with Gasteiger partial charge in [-0.1, -0.05) is 19.1 Å². The second-order valence-corrected chi connectivity index (χ2v) is 8.24. The molecule has 1 heterocycles. The van der Waals surface area contributed by atoms with Crippen LogP contribution < -0.4 is 5.73 Å². The summed E-state index contributed by atoms with van der Waals surface area (Å²) in [6, 6.07) is 5.20. The summed E-state index contributed by atoms with van der Waals surface area (Å²) < 4.78 is 27.2. The van der Waals surface area contributed by atoms with E-state index in [0.29, 0.717) is 23.0 Å². The highest BCUT2D eigenvalue weighted by atomic mass is 32.2. The number of thioether (sulfide) groups is 1. The van der Waals surface area contributed by atoms with Crippen molar-refractivity contribution in [3.05, 3.63) is 23.8 Å². The largest absolute Gasteiger partial charge is 0.398 e. The molecule has 1 aromatic rings. The molecular weight excluding hydrogens is 280 g/mol. The van der Waals surface area contributed by atoms with Crippen molar-refractivity contribution >= 4 is 27.5 Å². The van der Waals surface area contributed by atoms with Gasteiger partial charge in [-0.15, -0.1) is 0 Å². The van der Waals surface area contributed by atoms with Crippen molar-refractivity contribution in [1.29, 1.82) is 0 Å². The molecular formula is C13H20N2O2S2. The Labute approximate surface area is 119 Å². The summed E-state index contributed by atoms with van der Waals surface area (Å²) in [5.74, 6) is 0.830. The van der Waals surface area contributed by atoms with Gasteiger partial charge in [-0.2, -0.15) is 16.1 Å². The van der Waals surface area contributed by atoms with Gasteiger partial charge >= 0.3 is 0 Å². The number of nitrogens with two attached hydrogens (primary N) is 1. The molecule has 2 N–H and O–H groups in total. The van der Waals surface area contributed by atoms with Crippen molar-refractivity contribution in [3.8, 4) is 0 Å². The smallest absolute Gasteiger partial charge is 0.245 e. The zero-order valence-corrected chi connectivity index (χ0v) is 13.1. The van der Waals surface area contributed by atoms with Crippen molar-refractivity contribution < 1.29 is 8.42 Å². The van der Waals surface area contributed by atoms with E-state index in [1.54, 1.807) is 29.4 Å². The van der Waals surface area contributed by atoms with Gasteiger partial charge in [-0.25, -0.2) is 8.42 Å². The predicted octanol–water partition coefficient (Wildman–Crippen LogP) is 2.09. The van der Waals surface area contributed by atoms with Gasteiger partial charge in [-0.05, 0) is 25.5 Å². The minimum absolute atomic E-state index is 0.0113. The van der Waals surface area contributed by atoms with E-state index in [-0.39, 0.29) is 10.9 Å². The van der Waals surface area contributed by atoms with Crippen molar-refractivity contribution in [2.75, 3.05) is 18.0 Å². The second kappa shape index (κ2) is 5.34. The molecule has 2 unspecified atom stereocenters. The lowest BCUT2D eigenvalue weighted by molar-refractivity contribution is 0.340. The first-order valence-electron chi connectivity index (χ1n) is 6.34. The first kappa shape index (κ1) is 14.7. The summed E-state index contributed by atoms with van der Waals surface area (Å²) in [5, 5.41) is 0.300. The van der Waals surface area contributed by atoms with Gasteiger partial charge < -0.3 is 5.73 Å². The van der Waals surface area contributed by atoms with E-state index in [4.69, 9.17) is 5.73 Å². The number of nitrogen functional groups attached to an aromatic ring is 1. The monoisotopic (exact) mass is 300 g/mol. The molecule has 0 spiro atoms. The molecule has 0 radical (unpaired) electrons. The molecule has 0 saturated carbocycles. The van der Waals surface area contributed by atoms with Crippen LogP contribution >= 0.6 is 11.8 Å². The van der Waals surface area contributed by atoms with Crippen molar-refractivity contribution in [2.24, 2.45) is 0 Å². The Morgan fingerprint density at radius 1 is 1.37 bits per heavy atom. The van der Waals surface area contributed by atoms with Crippen molar-refractivity contribution in [1.82, 2.24) is 4.31 Å². The molecule has 2 rings (SSSR count). The SMILES string of the molecule is Cc1cccc(N)c1S(=O)(=O)N1CCSC(C)C1C. The Kier molecular flexibility index (Phi) is 4.13. The molecule has 1 aromatic carbocycles. The van der Waals surface area contributed by atoms with Crippen LogP contribution in [-0.4, -0.2) is 36.3 Å². The second-order valence-electron chi connectivity index (χ2n) is 4.93. The predicted molar refractivity (Wildman–Crippen MR) is 80.9 cm³/mol. The summed E-state index contributed by atoms with van der Waals surface area (Å²) >= 11 is 1.81. The third-order valence-electron chi connectivity index (χ3n) is 3.64. The lowest BCUT2D eigenvalue weighted by Crippen LogP contribution is -2.48. The Balaban J connectivity index is 2.48. The van der Waals surface area contributed by atoms with E-state index in [2.05, 4.69) is 6.92 Å². The molecule has 2 atom stereocenters. The van der Waals surface area contributed by atoms with Crippen LogP contribution in [-0.2, 0) is 10.0 Å². The van der Waals surface area contributed by atoms with E-state index in [1.807, 2.05) is 18.7 Å². The molecule has 106 valence electrons. The van der Waals surface area contributed by atoms with Crippen LogP contribution in [0.2, 0.25) is 0 Å². The van der Waals surface area contributed by atoms with Crippen LogP contribution in [0.3, 0.4) is 0 Å². The molecule has 0 amide bonds. The molecule has 1 aliphatic rings. The fraction of sp³-hybridized carbons (Fsp3) is 0.538. The van der Waals surface area contributed by atoms with E-state index in [0.717, 1.165) is 5.75 Å². The van der Waals surface area contributed by atoms with Gasteiger partial charge in [-0.3, -0.25) is 0 Å². The van der Waals surface area contributed by atoms with E-state index >= 15 is 0 Å². The third kappa shape index (κ3) is 2.61. The maximum Gasteiger partial charge on any atom is 0.245 e. The highest BCUT2D eigenvalue weighted by Crippen LogP contribution is 2.32. The lowest BCUT2D eigenvalue weighted by Gasteiger charge is -2.36. The van der Waals surface area contributed by atoms with Crippen LogP contribution in [0.25, 0.3) is 0 Å². The summed E-state index contributed by atoms with van der Waals surface area (Å²) in [4.78, 5) is 0.265. The molecule has 0 aromatic heterocycles. The number of rotatable bonds is 2. The zero-order chi connectivity index (χ0) is 14.2. The lowest BCUT2D eigenvalue weighted by atomic mass is 10.2. The number of aryl methyl sites for hydroxylation is 1. The summed E-state index contributed by atoms with van der Waals surface area (Å²) in [6.07, 6.45) is 0. The Bertz CT molecular complexity index is 552. The Morgan fingerprint density at radius 2 is 2.05 bits per heavy atom. The van der Waals surface area contributed by atoms with E-state index in [9.17, 15) is 8.42 Å². The fourth-order valence-electron chi connectivity index (χ4n) is 2.39. The molecule has 0 aliphatic carbocycles. The summed E-state index contributed by atoms with van der Waals surface area (Å²) in [7, 11) is -3.51. The molecule has 1 aliphatic heterocycles. The number of nitrogens with zero attached hydrogens (tertiary/aromatic N) is 1. The van der Waals surface area contributed by atoms with Crippen LogP contribution in [0.5, 0.6) is 0 Å². The van der Waals surface area contributed by atoms with Crippen LogP contribution in [0.1, 0.15) is 19.4 Å². The minimum Gasteiger partial charge on any atom is -0.398 e. The Hall–Kier alpha value is -0.720. The van der Waals surface area contributed by atoms with Crippen LogP contribution in [0.15, 0.2) is 23.1 Å². The Morgan fingerprint density at radius 3 is 2.68 bits per heavy atom. The number of hydrogen-bond donors (Lipinski definition) is 1. The molecule has 6 heteroatoms. The average molecular weight is 300 g/mol. The number of benzene rings is 1. The third-order valence-corrected chi connectivity index (χ3v) is 7.18. The van der Waals surface area contributed by atoms with Gasteiger partial charge in [0.2, 0.25) is 10.0 Å². The maximum absolute atomic E-state index is 12.8. The number of hydrogen-bond acceptors (Lipinski definition) is 4. The average Bonchev–Trinajstić information content (AvgIpc) is 2.32. The summed E-state index contributed by atoms with van der Waals surface area (Å²) in [5.41, 5.74) is 6.92. The summed E-state index contributed by atoms with van der Waals surface area (Å²) in [6.45, 7) is 6.36. The van der Waals surface area contributed by atoms with Gasteiger partial charge in [0, 0.05) is 23.6 Å². The molecule has 4 nitrogen and oxygen atoms in total. The quantitative estimate of drug-likeness (QED) is 0.850. The van der Waals surface area contributed by atoms with E-state index < -0.39 is 10.0 Å². The number of sulfonamides is 1. The number of anilines is 1. The van der Waals surface area contributed by atoms with Crippen molar-refractivity contribution in [3.63, 3.8) is 0 Å². The minimum atomic E-state index is -3.51. The first-order chi connectivity index (χ1) is 8.85. The molecule has 19 heavy (non-hydrogen) atoms. The molecule has 1 saturated heterocycles. The standard InChI is InChI=1S/C13H20N2O2S2/c1-9-5-4-6-12(14)13(9)19(16,17)15-7-8-18-11(3)10(15)2/h4-6,10-11H,7-8,14H2,1-3H3. The van der Waals surface area contributed by atoms with Crippen LogP contribution in [0.4, 0.5) is 5.69 Å². The first-order valence-corrected chi connectivity index (χ1v) is 8.83. The van der Waals surface area contributed by atoms with Gasteiger partial charge in [0.1, 0.15) is 4.90 Å². The van der Waals surface area contributed by atoms with Gasteiger partial charge in [0.25, 0.3) is 0 Å². The topological polar surface area (TPSA) is 63.4 Å². The van der Waals surface area contributed by atoms with Gasteiger partial charge in [0.15, 0.2) is 0 Å². The molecule has 1 fully saturated rings. The fourth-order valence-corrected chi connectivity index (χ4v) is 5.71.